The summed E-state index contributed by atoms with van der Waals surface area (Å²) in [4.78, 5) is 29.4. The first kappa shape index (κ1) is 19.0. The van der Waals surface area contributed by atoms with Gasteiger partial charge in [-0.15, -0.1) is 0 Å². The number of nitrogens with two attached hydrogens (primary N) is 1. The number of aromatic nitrogens is 3. The van der Waals surface area contributed by atoms with E-state index in [1.165, 1.54) is 4.57 Å². The van der Waals surface area contributed by atoms with Crippen LogP contribution in [0.4, 0.5) is 5.69 Å². The molecule has 0 aliphatic rings. The summed E-state index contributed by atoms with van der Waals surface area (Å²) in [5.74, 6) is -0.226. The van der Waals surface area contributed by atoms with Crippen molar-refractivity contribution >= 4 is 34.4 Å². The number of hydrogen-bond donors (Lipinski definition) is 2. The molecule has 0 aliphatic heterocycles. The van der Waals surface area contributed by atoms with Crippen LogP contribution >= 0.6 is 11.6 Å². The van der Waals surface area contributed by atoms with Crippen molar-refractivity contribution in [2.45, 2.75) is 39.9 Å². The van der Waals surface area contributed by atoms with Gasteiger partial charge in [0.2, 0.25) is 5.91 Å². The van der Waals surface area contributed by atoms with Gasteiger partial charge in [-0.25, -0.2) is 9.78 Å². The van der Waals surface area contributed by atoms with Gasteiger partial charge in [0.05, 0.1) is 5.52 Å². The van der Waals surface area contributed by atoms with Crippen LogP contribution in [0.25, 0.3) is 22.3 Å². The average molecular weight is 388 g/mol. The molecule has 3 aromatic rings. The van der Waals surface area contributed by atoms with Crippen LogP contribution in [0, 0.1) is 0 Å². The quantitative estimate of drug-likeness (QED) is 0.658. The lowest BCUT2D eigenvalue weighted by molar-refractivity contribution is -0.122. The van der Waals surface area contributed by atoms with Gasteiger partial charge in [0, 0.05) is 35.1 Å². The molecule has 0 spiro atoms. The summed E-state index contributed by atoms with van der Waals surface area (Å²) in [5.41, 5.74) is 8.91. The fourth-order valence-electron chi connectivity index (χ4n) is 3.09. The third-order valence-corrected chi connectivity index (χ3v) is 4.39. The van der Waals surface area contributed by atoms with Crippen LogP contribution in [0.2, 0.25) is 5.02 Å². The second kappa shape index (κ2) is 7.44. The number of carbonyl (C=O) groups excluding carboxylic acids is 1. The van der Waals surface area contributed by atoms with Gasteiger partial charge in [0.25, 0.3) is 0 Å². The first-order valence-electron chi connectivity index (χ1n) is 8.75. The Bertz CT molecular complexity index is 1050. The van der Waals surface area contributed by atoms with Gasteiger partial charge >= 0.3 is 5.69 Å². The summed E-state index contributed by atoms with van der Waals surface area (Å²) in [5, 5.41) is 3.32. The molecule has 0 saturated heterocycles. The Morgan fingerprint density at radius 2 is 1.96 bits per heavy atom. The highest BCUT2D eigenvalue weighted by molar-refractivity contribution is 6.31. The fraction of sp³-hybridized carbons (Fsp3) is 0.316. The minimum absolute atomic E-state index is 0.000534. The third-order valence-electron chi connectivity index (χ3n) is 4.18. The molecule has 0 radical (unpaired) electrons. The van der Waals surface area contributed by atoms with E-state index in [0.29, 0.717) is 28.4 Å². The molecular weight excluding hydrogens is 366 g/mol. The fourth-order valence-corrected chi connectivity index (χ4v) is 3.33. The van der Waals surface area contributed by atoms with Crippen molar-refractivity contribution in [2.24, 2.45) is 0 Å². The highest BCUT2D eigenvalue weighted by Gasteiger charge is 2.17. The Morgan fingerprint density at radius 3 is 2.59 bits per heavy atom. The Kier molecular flexibility index (Phi) is 5.23. The maximum Gasteiger partial charge on any atom is 0.330 e. The number of nitrogens with zero attached hydrogens (tertiary/aromatic N) is 3. The Balaban J connectivity index is 2.11. The van der Waals surface area contributed by atoms with Crippen LogP contribution in [0.5, 0.6) is 0 Å². The molecule has 0 atom stereocenters. The number of nitrogens with one attached hydrogen (secondary N) is 1. The van der Waals surface area contributed by atoms with Crippen molar-refractivity contribution in [1.29, 1.82) is 0 Å². The van der Waals surface area contributed by atoms with Crippen molar-refractivity contribution in [2.75, 3.05) is 5.73 Å². The highest BCUT2D eigenvalue weighted by atomic mass is 35.5. The summed E-state index contributed by atoms with van der Waals surface area (Å²) in [7, 11) is 0. The summed E-state index contributed by atoms with van der Waals surface area (Å²) in [6.07, 6.45) is 1.66. The second-order valence-corrected chi connectivity index (χ2v) is 7.11. The molecule has 2 heterocycles. The van der Waals surface area contributed by atoms with Gasteiger partial charge in [-0.3, -0.25) is 13.9 Å². The van der Waals surface area contributed by atoms with Crippen molar-refractivity contribution in [3.05, 3.63) is 46.0 Å². The monoisotopic (exact) mass is 387 g/mol. The van der Waals surface area contributed by atoms with Gasteiger partial charge in [-0.2, -0.15) is 0 Å². The van der Waals surface area contributed by atoms with E-state index >= 15 is 0 Å². The molecule has 2 aromatic heterocycles. The van der Waals surface area contributed by atoms with Crippen LogP contribution in [0.1, 0.15) is 20.8 Å². The number of hydrogen-bond acceptors (Lipinski definition) is 4. The number of amides is 1. The number of carbonyl (C=O) groups is 1. The lowest BCUT2D eigenvalue weighted by atomic mass is 10.1. The predicted octanol–water partition coefficient (Wildman–Crippen LogP) is 2.65. The summed E-state index contributed by atoms with van der Waals surface area (Å²) in [6, 6.07) is 7.14. The van der Waals surface area contributed by atoms with Crippen LogP contribution in [-0.2, 0) is 17.9 Å². The zero-order chi connectivity index (χ0) is 19.7. The first-order chi connectivity index (χ1) is 12.8. The molecular formula is C19H22ClN5O2. The third kappa shape index (κ3) is 3.83. The standard InChI is InChI=1S/C19H22ClN5O2/c1-4-24-16-7-13(12-5-14(20)8-15(21)6-12)9-22-18(16)25(19(24)27)10-17(26)23-11(2)3/h5-9,11H,4,10,21H2,1-3H3,(H,23,26). The van der Waals surface area contributed by atoms with Crippen molar-refractivity contribution in [1.82, 2.24) is 19.4 Å². The van der Waals surface area contributed by atoms with Crippen LogP contribution in [0.15, 0.2) is 35.3 Å². The molecule has 8 heteroatoms. The number of pyridine rings is 1. The van der Waals surface area contributed by atoms with Gasteiger partial charge in [0.1, 0.15) is 6.54 Å². The normalized spacial score (nSPS) is 11.3. The largest absolute Gasteiger partial charge is 0.399 e. The summed E-state index contributed by atoms with van der Waals surface area (Å²) < 4.78 is 3.00. The molecule has 1 aromatic carbocycles. The Hall–Kier alpha value is -2.80. The second-order valence-electron chi connectivity index (χ2n) is 6.68. The van der Waals surface area contributed by atoms with Crippen LogP contribution < -0.4 is 16.7 Å². The van der Waals surface area contributed by atoms with Crippen LogP contribution in [-0.4, -0.2) is 26.1 Å². The molecule has 142 valence electrons. The van der Waals surface area contributed by atoms with E-state index in [1.54, 1.807) is 29.0 Å². The zero-order valence-corrected chi connectivity index (χ0v) is 16.2. The molecule has 0 unspecified atom stereocenters. The van der Waals surface area contributed by atoms with Gasteiger partial charge < -0.3 is 11.1 Å². The Labute approximate surface area is 161 Å². The first-order valence-corrected chi connectivity index (χ1v) is 9.12. The number of halogens is 1. The number of fused-ring (bicyclic) bond motifs is 1. The minimum Gasteiger partial charge on any atom is -0.399 e. The van der Waals surface area contributed by atoms with Crippen molar-refractivity contribution in [3.8, 4) is 11.1 Å². The Morgan fingerprint density at radius 1 is 1.22 bits per heavy atom. The molecule has 3 rings (SSSR count). The number of imidazole rings is 1. The molecule has 7 nitrogen and oxygen atoms in total. The SMILES string of the molecule is CCn1c(=O)n(CC(=O)NC(C)C)c2ncc(-c3cc(N)cc(Cl)c3)cc21. The molecule has 0 aliphatic carbocycles. The van der Waals surface area contributed by atoms with E-state index in [-0.39, 0.29) is 24.2 Å². The summed E-state index contributed by atoms with van der Waals surface area (Å²) >= 11 is 6.10. The minimum atomic E-state index is -0.262. The van der Waals surface area contributed by atoms with Crippen molar-refractivity contribution < 1.29 is 4.79 Å². The van der Waals surface area contributed by atoms with E-state index < -0.39 is 0 Å². The summed E-state index contributed by atoms with van der Waals surface area (Å²) in [6.45, 7) is 6.02. The van der Waals surface area contributed by atoms with Gasteiger partial charge in [-0.05, 0) is 50.6 Å². The van der Waals surface area contributed by atoms with Gasteiger partial charge in [-0.1, -0.05) is 11.6 Å². The van der Waals surface area contributed by atoms with E-state index in [9.17, 15) is 9.59 Å². The van der Waals surface area contributed by atoms with E-state index in [4.69, 9.17) is 17.3 Å². The topological polar surface area (TPSA) is 94.9 Å². The van der Waals surface area contributed by atoms with E-state index in [0.717, 1.165) is 11.1 Å². The lowest BCUT2D eigenvalue weighted by Gasteiger charge is -2.08. The molecule has 0 fully saturated rings. The smallest absolute Gasteiger partial charge is 0.330 e. The average Bonchev–Trinajstić information content (AvgIpc) is 2.84. The number of anilines is 1. The van der Waals surface area contributed by atoms with Crippen molar-refractivity contribution in [3.63, 3.8) is 0 Å². The highest BCUT2D eigenvalue weighted by Crippen LogP contribution is 2.27. The maximum absolute atomic E-state index is 12.8. The van der Waals surface area contributed by atoms with Crippen LogP contribution in [0.3, 0.4) is 0 Å². The molecule has 3 N–H and O–H groups in total. The predicted molar refractivity (Wildman–Crippen MR) is 108 cm³/mol. The zero-order valence-electron chi connectivity index (χ0n) is 15.5. The maximum atomic E-state index is 12.8. The molecule has 1 amide bonds. The number of benzene rings is 1. The molecule has 27 heavy (non-hydrogen) atoms. The number of nitrogen functional groups attached to an aromatic ring is 1. The van der Waals surface area contributed by atoms with Gasteiger partial charge in [0.15, 0.2) is 5.65 Å². The lowest BCUT2D eigenvalue weighted by Crippen LogP contribution is -2.36. The number of aryl methyl sites for hydroxylation is 1. The van der Waals surface area contributed by atoms with E-state index in [1.807, 2.05) is 26.8 Å². The number of rotatable bonds is 5. The molecule has 0 saturated carbocycles. The van der Waals surface area contributed by atoms with E-state index in [2.05, 4.69) is 10.3 Å². The molecule has 0 bridgehead atoms.